The van der Waals surface area contributed by atoms with Gasteiger partial charge in [-0.1, -0.05) is 26.2 Å². The van der Waals surface area contributed by atoms with Crippen LogP contribution in [0.25, 0.3) is 0 Å². The van der Waals surface area contributed by atoms with Gasteiger partial charge in [0.15, 0.2) is 10.2 Å². The summed E-state index contributed by atoms with van der Waals surface area (Å²) >= 11 is 6.40. The quantitative estimate of drug-likeness (QED) is 0.241. The summed E-state index contributed by atoms with van der Waals surface area (Å²) in [5.41, 5.74) is 0.975. The van der Waals surface area contributed by atoms with Gasteiger partial charge in [0.2, 0.25) is 0 Å². The van der Waals surface area contributed by atoms with Crippen molar-refractivity contribution >= 4 is 55.4 Å². The molecule has 1 aromatic heterocycles. The van der Waals surface area contributed by atoms with Gasteiger partial charge in [0, 0.05) is 22.8 Å². The molecule has 2 aromatic carbocycles. The molecule has 0 aliphatic carbocycles. The Balaban J connectivity index is 1.48. The molecular weight excluding hydrogens is 492 g/mol. The molecule has 0 atom stereocenters. The molecule has 0 bridgehead atoms. The van der Waals surface area contributed by atoms with E-state index < -0.39 is 10.0 Å². The molecule has 11 heteroatoms. The van der Waals surface area contributed by atoms with E-state index in [1.165, 1.54) is 42.5 Å². The average molecular weight is 519 g/mol. The van der Waals surface area contributed by atoms with E-state index in [0.717, 1.165) is 12.8 Å². The van der Waals surface area contributed by atoms with Crippen molar-refractivity contribution in [2.75, 3.05) is 16.6 Å². The normalized spacial score (nSPS) is 11.0. The number of carbonyl (C=O) groups excluding carboxylic acids is 1. The Bertz CT molecular complexity index is 1180. The first-order valence-electron chi connectivity index (χ1n) is 10.7. The van der Waals surface area contributed by atoms with Gasteiger partial charge >= 0.3 is 0 Å². The third kappa shape index (κ3) is 7.79. The lowest BCUT2D eigenvalue weighted by Crippen LogP contribution is -2.34. The number of carbonyl (C=O) groups is 1. The number of sulfonamides is 1. The molecule has 0 aliphatic heterocycles. The molecule has 0 fully saturated rings. The largest absolute Gasteiger partial charge is 0.494 e. The highest BCUT2D eigenvalue weighted by Crippen LogP contribution is 2.19. The Morgan fingerprint density at radius 2 is 1.79 bits per heavy atom. The lowest BCUT2D eigenvalue weighted by Gasteiger charge is -2.11. The number of thiazole rings is 1. The monoisotopic (exact) mass is 518 g/mol. The van der Waals surface area contributed by atoms with Crippen molar-refractivity contribution in [1.29, 1.82) is 0 Å². The number of anilines is 2. The van der Waals surface area contributed by atoms with Gasteiger partial charge in [0.25, 0.3) is 15.9 Å². The van der Waals surface area contributed by atoms with Crippen LogP contribution >= 0.6 is 23.6 Å². The second-order valence-corrected chi connectivity index (χ2v) is 10.3. The summed E-state index contributed by atoms with van der Waals surface area (Å²) < 4.78 is 32.9. The van der Waals surface area contributed by atoms with Crippen LogP contribution in [0.3, 0.4) is 0 Å². The van der Waals surface area contributed by atoms with Crippen LogP contribution in [0.2, 0.25) is 0 Å². The fraction of sp³-hybridized carbons (Fsp3) is 0.261. The zero-order valence-electron chi connectivity index (χ0n) is 18.6. The number of unbranched alkanes of at least 4 members (excludes halogenated alkanes) is 3. The lowest BCUT2D eigenvalue weighted by molar-refractivity contribution is 0.0977. The fourth-order valence-electron chi connectivity index (χ4n) is 2.92. The highest BCUT2D eigenvalue weighted by Gasteiger charge is 2.15. The number of benzene rings is 2. The summed E-state index contributed by atoms with van der Waals surface area (Å²) in [5.74, 6) is 0.354. The number of hydrogen-bond donors (Lipinski definition) is 3. The van der Waals surface area contributed by atoms with Gasteiger partial charge in [0.05, 0.1) is 11.5 Å². The van der Waals surface area contributed by atoms with Crippen LogP contribution in [0.4, 0.5) is 10.8 Å². The molecule has 0 radical (unpaired) electrons. The number of hydrogen-bond acceptors (Lipinski definition) is 7. The minimum atomic E-state index is -3.74. The van der Waals surface area contributed by atoms with E-state index in [0.29, 0.717) is 23.6 Å². The summed E-state index contributed by atoms with van der Waals surface area (Å²) in [7, 11) is -3.74. The second-order valence-electron chi connectivity index (χ2n) is 7.31. The first-order chi connectivity index (χ1) is 16.4. The number of rotatable bonds is 11. The number of ether oxygens (including phenoxy) is 1. The summed E-state index contributed by atoms with van der Waals surface area (Å²) in [5, 5.41) is 7.54. The zero-order chi connectivity index (χ0) is 24.4. The summed E-state index contributed by atoms with van der Waals surface area (Å²) in [4.78, 5) is 16.4. The van der Waals surface area contributed by atoms with Crippen molar-refractivity contribution < 1.29 is 17.9 Å². The minimum absolute atomic E-state index is 0.0795. The van der Waals surface area contributed by atoms with E-state index in [2.05, 4.69) is 27.3 Å². The first-order valence-corrected chi connectivity index (χ1v) is 13.5. The van der Waals surface area contributed by atoms with Crippen molar-refractivity contribution in [2.45, 2.75) is 37.5 Å². The Labute approximate surface area is 208 Å². The third-order valence-corrected chi connectivity index (χ3v) is 7.06. The second kappa shape index (κ2) is 12.4. The topological polar surface area (TPSA) is 109 Å². The maximum Gasteiger partial charge on any atom is 0.263 e. The SMILES string of the molecule is CCCCCCOc1ccc(C(=O)NC(=S)Nc2ccc(S(=O)(=O)Nc3nccs3)cc2)cc1. The smallest absolute Gasteiger partial charge is 0.263 e. The molecule has 3 N–H and O–H groups in total. The number of aromatic nitrogens is 1. The van der Waals surface area contributed by atoms with Crippen molar-refractivity contribution in [3.05, 3.63) is 65.7 Å². The van der Waals surface area contributed by atoms with Crippen molar-refractivity contribution in [3.63, 3.8) is 0 Å². The predicted octanol–water partition coefficient (Wildman–Crippen LogP) is 5.03. The predicted molar refractivity (Wildman–Crippen MR) is 139 cm³/mol. The standard InChI is InChI=1S/C23H26N4O4S3/c1-2-3-4-5-15-31-19-10-6-17(7-11-19)21(28)26-22(32)25-18-8-12-20(13-9-18)34(29,30)27-23-24-14-16-33-23/h6-14,16H,2-5,15H2,1H3,(H,24,27)(H2,25,26,28,32). The summed E-state index contributed by atoms with van der Waals surface area (Å²) in [6.45, 7) is 2.82. The van der Waals surface area contributed by atoms with Crippen LogP contribution < -0.4 is 20.1 Å². The molecule has 0 saturated heterocycles. The van der Waals surface area contributed by atoms with Gasteiger partial charge < -0.3 is 10.1 Å². The van der Waals surface area contributed by atoms with Gasteiger partial charge in [-0.05, 0) is 67.2 Å². The van der Waals surface area contributed by atoms with Gasteiger partial charge in [0.1, 0.15) is 5.75 Å². The van der Waals surface area contributed by atoms with Crippen LogP contribution in [-0.2, 0) is 10.0 Å². The van der Waals surface area contributed by atoms with Crippen LogP contribution in [0.1, 0.15) is 43.0 Å². The van der Waals surface area contributed by atoms with Crippen molar-refractivity contribution in [3.8, 4) is 5.75 Å². The molecule has 0 spiro atoms. The molecule has 8 nitrogen and oxygen atoms in total. The Morgan fingerprint density at radius 1 is 1.06 bits per heavy atom. The number of nitrogens with one attached hydrogen (secondary N) is 3. The molecule has 0 unspecified atom stereocenters. The van der Waals surface area contributed by atoms with E-state index in [-0.39, 0.29) is 21.0 Å². The van der Waals surface area contributed by atoms with Gasteiger partial charge in [-0.3, -0.25) is 14.8 Å². The van der Waals surface area contributed by atoms with Gasteiger partial charge in [-0.2, -0.15) is 0 Å². The zero-order valence-corrected chi connectivity index (χ0v) is 21.1. The molecule has 0 saturated carbocycles. The van der Waals surface area contributed by atoms with E-state index in [1.54, 1.807) is 41.8 Å². The number of nitrogens with zero attached hydrogens (tertiary/aromatic N) is 1. The first kappa shape index (κ1) is 25.6. The summed E-state index contributed by atoms with van der Waals surface area (Å²) in [6, 6.07) is 12.8. The van der Waals surface area contributed by atoms with Crippen molar-refractivity contribution in [2.24, 2.45) is 0 Å². The van der Waals surface area contributed by atoms with E-state index >= 15 is 0 Å². The molecular formula is C23H26N4O4S3. The molecule has 1 heterocycles. The lowest BCUT2D eigenvalue weighted by atomic mass is 10.2. The van der Waals surface area contributed by atoms with Crippen LogP contribution in [-0.4, -0.2) is 31.0 Å². The Hall–Kier alpha value is -3.02. The van der Waals surface area contributed by atoms with E-state index in [9.17, 15) is 13.2 Å². The Kier molecular flexibility index (Phi) is 9.37. The molecule has 180 valence electrons. The van der Waals surface area contributed by atoms with E-state index in [1.807, 2.05) is 0 Å². The molecule has 34 heavy (non-hydrogen) atoms. The molecule has 3 aromatic rings. The highest BCUT2D eigenvalue weighted by atomic mass is 32.2. The summed E-state index contributed by atoms with van der Waals surface area (Å²) in [6.07, 6.45) is 6.04. The average Bonchev–Trinajstić information content (AvgIpc) is 3.32. The number of amides is 1. The maximum atomic E-state index is 12.5. The van der Waals surface area contributed by atoms with Gasteiger partial charge in [-0.15, -0.1) is 11.3 Å². The van der Waals surface area contributed by atoms with Crippen LogP contribution in [0.5, 0.6) is 5.75 Å². The maximum absolute atomic E-state index is 12.5. The number of thiocarbonyl (C=S) groups is 1. The molecule has 3 rings (SSSR count). The molecule has 1 amide bonds. The molecule has 0 aliphatic rings. The van der Waals surface area contributed by atoms with Crippen LogP contribution in [0.15, 0.2) is 65.0 Å². The van der Waals surface area contributed by atoms with Crippen LogP contribution in [0, 0.1) is 0 Å². The van der Waals surface area contributed by atoms with Crippen molar-refractivity contribution in [1.82, 2.24) is 10.3 Å². The Morgan fingerprint density at radius 3 is 2.44 bits per heavy atom. The van der Waals surface area contributed by atoms with Gasteiger partial charge in [-0.25, -0.2) is 13.4 Å². The fourth-order valence-corrected chi connectivity index (χ4v) is 4.92. The van der Waals surface area contributed by atoms with E-state index in [4.69, 9.17) is 17.0 Å². The minimum Gasteiger partial charge on any atom is -0.494 e. The third-order valence-electron chi connectivity index (χ3n) is 4.69. The highest BCUT2D eigenvalue weighted by molar-refractivity contribution is 7.93.